The third-order valence-electron chi connectivity index (χ3n) is 1.41. The second kappa shape index (κ2) is 3.70. The van der Waals surface area contributed by atoms with Gasteiger partial charge in [-0.3, -0.25) is 0 Å². The molecule has 6 heteroatoms. The summed E-state index contributed by atoms with van der Waals surface area (Å²) < 4.78 is 40.6. The molecular formula is C7H6BF3O2. The van der Waals surface area contributed by atoms with E-state index >= 15 is 0 Å². The average Bonchev–Trinajstić information content (AvgIpc) is 2.04. The Bertz CT molecular complexity index is 270. The molecule has 0 unspecified atom stereocenters. The minimum absolute atomic E-state index is 0.204. The van der Waals surface area contributed by atoms with E-state index < -0.39 is 19.4 Å². The molecule has 0 aliphatic rings. The fourth-order valence-corrected chi connectivity index (χ4v) is 0.815. The van der Waals surface area contributed by atoms with Crippen LogP contribution in [-0.4, -0.2) is 12.7 Å². The van der Waals surface area contributed by atoms with Crippen molar-refractivity contribution in [2.45, 2.75) is 6.18 Å². The van der Waals surface area contributed by atoms with Gasteiger partial charge in [0, 0.05) is 0 Å². The first-order chi connectivity index (χ1) is 6.04. The molecule has 0 radical (unpaired) electrons. The van der Waals surface area contributed by atoms with E-state index in [9.17, 15) is 13.2 Å². The minimum atomic E-state index is -4.34. The standard InChI is InChI=1S/C7H6BF3O2/c9-7(10,11)5-1-3-6(4-2-5)13-8-12/h1-4,8,12H. The van der Waals surface area contributed by atoms with Gasteiger partial charge in [0.25, 0.3) is 0 Å². The summed E-state index contributed by atoms with van der Waals surface area (Å²) in [6, 6.07) is 4.09. The number of rotatable bonds is 2. The molecule has 0 bridgehead atoms. The first kappa shape index (κ1) is 9.92. The van der Waals surface area contributed by atoms with Crippen molar-refractivity contribution in [3.05, 3.63) is 29.8 Å². The van der Waals surface area contributed by atoms with Gasteiger partial charge in [0.2, 0.25) is 0 Å². The van der Waals surface area contributed by atoms with E-state index in [4.69, 9.17) is 5.02 Å². The Kier molecular flexibility index (Phi) is 2.82. The molecule has 0 heterocycles. The third-order valence-corrected chi connectivity index (χ3v) is 1.41. The van der Waals surface area contributed by atoms with Gasteiger partial charge in [-0.2, -0.15) is 13.2 Å². The van der Waals surface area contributed by atoms with Crippen LogP contribution in [0.15, 0.2) is 24.3 Å². The lowest BCUT2D eigenvalue weighted by Crippen LogP contribution is -2.05. The van der Waals surface area contributed by atoms with Crippen LogP contribution in [0.1, 0.15) is 5.56 Å². The van der Waals surface area contributed by atoms with Crippen molar-refractivity contribution >= 4 is 7.69 Å². The summed E-state index contributed by atoms with van der Waals surface area (Å²) in [6.07, 6.45) is -4.34. The predicted molar refractivity (Wildman–Crippen MR) is 41.4 cm³/mol. The summed E-state index contributed by atoms with van der Waals surface area (Å²) in [5.41, 5.74) is -0.738. The van der Waals surface area contributed by atoms with Crippen molar-refractivity contribution in [1.82, 2.24) is 0 Å². The maximum Gasteiger partial charge on any atom is 0.504 e. The van der Waals surface area contributed by atoms with Gasteiger partial charge in [-0.1, -0.05) is 0 Å². The highest BCUT2D eigenvalue weighted by atomic mass is 19.4. The highest BCUT2D eigenvalue weighted by Gasteiger charge is 2.29. The van der Waals surface area contributed by atoms with E-state index in [-0.39, 0.29) is 5.75 Å². The highest BCUT2D eigenvalue weighted by molar-refractivity contribution is 6.17. The Morgan fingerprint density at radius 2 is 1.69 bits per heavy atom. The summed E-state index contributed by atoms with van der Waals surface area (Å²) in [5.74, 6) is 0.204. The Hall–Kier alpha value is -1.17. The van der Waals surface area contributed by atoms with Gasteiger partial charge in [-0.05, 0) is 24.3 Å². The van der Waals surface area contributed by atoms with E-state index in [1.807, 2.05) is 0 Å². The molecule has 0 saturated heterocycles. The van der Waals surface area contributed by atoms with Gasteiger partial charge in [0.1, 0.15) is 5.75 Å². The van der Waals surface area contributed by atoms with Gasteiger partial charge in [-0.25, -0.2) is 0 Å². The molecule has 0 atom stereocenters. The first-order valence-electron chi connectivity index (χ1n) is 3.45. The van der Waals surface area contributed by atoms with Gasteiger partial charge in [0.05, 0.1) is 5.56 Å². The van der Waals surface area contributed by atoms with Crippen molar-refractivity contribution in [1.29, 1.82) is 0 Å². The molecule has 70 valence electrons. The van der Waals surface area contributed by atoms with Crippen LogP contribution >= 0.6 is 0 Å². The Morgan fingerprint density at radius 3 is 2.08 bits per heavy atom. The smallest absolute Gasteiger partial charge is 0.504 e. The monoisotopic (exact) mass is 190 g/mol. The Morgan fingerprint density at radius 1 is 1.15 bits per heavy atom. The summed E-state index contributed by atoms with van der Waals surface area (Å²) in [4.78, 5) is 0. The van der Waals surface area contributed by atoms with Crippen LogP contribution in [0.5, 0.6) is 5.75 Å². The van der Waals surface area contributed by atoms with Crippen LogP contribution in [-0.2, 0) is 6.18 Å². The van der Waals surface area contributed by atoms with E-state index in [1.165, 1.54) is 0 Å². The molecule has 1 N–H and O–H groups in total. The molecule has 0 saturated carbocycles. The molecule has 1 aromatic carbocycles. The third kappa shape index (κ3) is 2.66. The molecule has 1 rings (SSSR count). The van der Waals surface area contributed by atoms with Crippen LogP contribution in [0.2, 0.25) is 0 Å². The lowest BCUT2D eigenvalue weighted by atomic mass is 10.2. The molecule has 0 fully saturated rings. The van der Waals surface area contributed by atoms with Gasteiger partial charge < -0.3 is 9.68 Å². The molecule has 2 nitrogen and oxygen atoms in total. The second-order valence-corrected chi connectivity index (χ2v) is 2.30. The normalized spacial score (nSPS) is 11.1. The van der Waals surface area contributed by atoms with Crippen LogP contribution in [0.25, 0.3) is 0 Å². The summed E-state index contributed by atoms with van der Waals surface area (Å²) in [5, 5.41) is 8.30. The van der Waals surface area contributed by atoms with Crippen molar-refractivity contribution in [3.63, 3.8) is 0 Å². The zero-order valence-electron chi connectivity index (χ0n) is 6.51. The van der Waals surface area contributed by atoms with Crippen molar-refractivity contribution in [2.24, 2.45) is 0 Å². The van der Waals surface area contributed by atoms with Crippen molar-refractivity contribution in [2.75, 3.05) is 0 Å². The van der Waals surface area contributed by atoms with Gasteiger partial charge in [0.15, 0.2) is 0 Å². The number of halogens is 3. The molecule has 0 aliphatic carbocycles. The molecule has 13 heavy (non-hydrogen) atoms. The van der Waals surface area contributed by atoms with Gasteiger partial charge >= 0.3 is 13.9 Å². The van der Waals surface area contributed by atoms with Crippen LogP contribution in [0, 0.1) is 0 Å². The Labute approximate surface area is 73.3 Å². The average molecular weight is 190 g/mol. The van der Waals surface area contributed by atoms with Crippen LogP contribution in [0.3, 0.4) is 0 Å². The Balaban J connectivity index is 2.81. The molecule has 0 aliphatic heterocycles. The SMILES string of the molecule is OBOc1ccc(C(F)(F)F)cc1. The molecule has 0 amide bonds. The van der Waals surface area contributed by atoms with E-state index in [1.54, 1.807) is 0 Å². The largest absolute Gasteiger partial charge is 0.539 e. The summed E-state index contributed by atoms with van der Waals surface area (Å²) in [7, 11) is -0.550. The maximum atomic E-state index is 12.0. The minimum Gasteiger partial charge on any atom is -0.539 e. The molecule has 0 aromatic heterocycles. The van der Waals surface area contributed by atoms with Crippen molar-refractivity contribution in [3.8, 4) is 5.75 Å². The molecular weight excluding hydrogens is 184 g/mol. The number of benzene rings is 1. The number of hydrogen-bond donors (Lipinski definition) is 1. The summed E-state index contributed by atoms with van der Waals surface area (Å²) >= 11 is 0. The van der Waals surface area contributed by atoms with Crippen LogP contribution in [0.4, 0.5) is 13.2 Å². The van der Waals surface area contributed by atoms with E-state index in [2.05, 4.69) is 4.65 Å². The predicted octanol–water partition coefficient (Wildman–Crippen LogP) is 1.34. The molecule has 0 spiro atoms. The lowest BCUT2D eigenvalue weighted by Gasteiger charge is -2.07. The maximum absolute atomic E-state index is 12.0. The zero-order valence-corrected chi connectivity index (χ0v) is 6.51. The van der Waals surface area contributed by atoms with Crippen molar-refractivity contribution < 1.29 is 22.8 Å². The highest BCUT2D eigenvalue weighted by Crippen LogP contribution is 2.30. The lowest BCUT2D eigenvalue weighted by molar-refractivity contribution is -0.137. The number of alkyl halides is 3. The first-order valence-corrected chi connectivity index (χ1v) is 3.45. The van der Waals surface area contributed by atoms with Gasteiger partial charge in [-0.15, -0.1) is 0 Å². The fraction of sp³-hybridized carbons (Fsp3) is 0.143. The second-order valence-electron chi connectivity index (χ2n) is 2.30. The zero-order chi connectivity index (χ0) is 9.90. The topological polar surface area (TPSA) is 29.5 Å². The molecule has 1 aromatic rings. The van der Waals surface area contributed by atoms with Crippen LogP contribution < -0.4 is 4.65 Å². The number of hydrogen-bond acceptors (Lipinski definition) is 2. The summed E-state index contributed by atoms with van der Waals surface area (Å²) in [6.45, 7) is 0. The van der Waals surface area contributed by atoms with E-state index in [0.717, 1.165) is 24.3 Å². The quantitative estimate of drug-likeness (QED) is 0.713. The fourth-order valence-electron chi connectivity index (χ4n) is 0.815. The van der Waals surface area contributed by atoms with E-state index in [0.29, 0.717) is 0 Å².